The number of esters is 1. The van der Waals surface area contributed by atoms with Crippen molar-refractivity contribution in [3.63, 3.8) is 0 Å². The lowest BCUT2D eigenvalue weighted by Gasteiger charge is -2.13. The Hall–Kier alpha value is -3.68. The predicted octanol–water partition coefficient (Wildman–Crippen LogP) is 4.12. The number of methoxy groups -OCH3 is 1. The molecule has 2 aromatic rings. The first-order valence-corrected chi connectivity index (χ1v) is 8.90. The van der Waals surface area contributed by atoms with Crippen LogP contribution >= 0.6 is 0 Å². The van der Waals surface area contributed by atoms with Crippen LogP contribution in [0, 0.1) is 11.6 Å². The van der Waals surface area contributed by atoms with E-state index in [-0.39, 0.29) is 5.69 Å². The van der Waals surface area contributed by atoms with Crippen molar-refractivity contribution in [2.24, 2.45) is 0 Å². The first kappa shape index (κ1) is 22.6. The number of halogens is 2. The van der Waals surface area contributed by atoms with Gasteiger partial charge in [-0.2, -0.15) is 0 Å². The van der Waals surface area contributed by atoms with Gasteiger partial charge in [0.1, 0.15) is 18.2 Å². The first-order valence-electron chi connectivity index (χ1n) is 8.90. The Labute approximate surface area is 172 Å². The van der Waals surface area contributed by atoms with Gasteiger partial charge in [0.15, 0.2) is 17.6 Å². The number of carbonyl (C=O) groups excluding carboxylic acids is 2. The second-order valence-corrected chi connectivity index (χ2v) is 6.04. The molecule has 0 heterocycles. The van der Waals surface area contributed by atoms with E-state index >= 15 is 0 Å². The average molecular weight is 417 g/mol. The van der Waals surface area contributed by atoms with Gasteiger partial charge < -0.3 is 19.5 Å². The van der Waals surface area contributed by atoms with Crippen LogP contribution in [-0.4, -0.2) is 31.7 Å². The van der Waals surface area contributed by atoms with Gasteiger partial charge >= 0.3 is 5.97 Å². The normalized spacial score (nSPS) is 11.6. The van der Waals surface area contributed by atoms with Crippen LogP contribution in [0.25, 0.3) is 6.08 Å². The smallest absolute Gasteiger partial charge is 0.331 e. The Bertz CT molecular complexity index is 959. The third-order valence-electron chi connectivity index (χ3n) is 3.80. The zero-order chi connectivity index (χ0) is 22.1. The molecular weight excluding hydrogens is 396 g/mol. The van der Waals surface area contributed by atoms with Crippen LogP contribution in [-0.2, 0) is 14.3 Å². The van der Waals surface area contributed by atoms with Crippen LogP contribution in [0.4, 0.5) is 14.5 Å². The van der Waals surface area contributed by atoms with Crippen molar-refractivity contribution in [3.8, 4) is 11.5 Å². The van der Waals surface area contributed by atoms with Crippen LogP contribution in [0.1, 0.15) is 12.5 Å². The Morgan fingerprint density at radius 2 is 1.93 bits per heavy atom. The molecule has 8 heteroatoms. The lowest BCUT2D eigenvalue weighted by atomic mass is 10.2. The summed E-state index contributed by atoms with van der Waals surface area (Å²) in [5, 5.41) is 2.18. The van der Waals surface area contributed by atoms with Crippen molar-refractivity contribution in [1.29, 1.82) is 0 Å². The molecule has 6 nitrogen and oxygen atoms in total. The van der Waals surface area contributed by atoms with E-state index < -0.39 is 29.6 Å². The molecule has 0 fully saturated rings. The van der Waals surface area contributed by atoms with Gasteiger partial charge in [0.05, 0.1) is 12.8 Å². The highest BCUT2D eigenvalue weighted by Gasteiger charge is 2.18. The van der Waals surface area contributed by atoms with Crippen molar-refractivity contribution in [1.82, 2.24) is 0 Å². The zero-order valence-electron chi connectivity index (χ0n) is 16.5. The number of rotatable bonds is 9. The fourth-order valence-electron chi connectivity index (χ4n) is 2.31. The Morgan fingerprint density at radius 1 is 1.17 bits per heavy atom. The van der Waals surface area contributed by atoms with Crippen molar-refractivity contribution >= 4 is 23.6 Å². The Balaban J connectivity index is 1.97. The quantitative estimate of drug-likeness (QED) is 0.377. The minimum Gasteiger partial charge on any atom is -0.493 e. The van der Waals surface area contributed by atoms with Gasteiger partial charge in [0.2, 0.25) is 0 Å². The molecule has 0 aliphatic heterocycles. The number of nitrogens with one attached hydrogen (secondary N) is 1. The maximum Gasteiger partial charge on any atom is 0.331 e. The lowest BCUT2D eigenvalue weighted by molar-refractivity contribution is -0.148. The SMILES string of the molecule is C=CCOc1ccc(/C=C/C(=O)O[C@@H](C)C(=O)Nc2cc(F)ccc2F)cc1OC. The topological polar surface area (TPSA) is 73.9 Å². The molecule has 0 aliphatic rings. The molecule has 30 heavy (non-hydrogen) atoms. The minimum atomic E-state index is -1.23. The van der Waals surface area contributed by atoms with Crippen LogP contribution in [0.2, 0.25) is 0 Å². The molecule has 0 bridgehead atoms. The van der Waals surface area contributed by atoms with E-state index in [9.17, 15) is 18.4 Å². The molecule has 1 N–H and O–H groups in total. The molecule has 1 amide bonds. The molecule has 158 valence electrons. The van der Waals surface area contributed by atoms with E-state index in [1.807, 2.05) is 0 Å². The van der Waals surface area contributed by atoms with E-state index in [0.29, 0.717) is 23.7 Å². The number of anilines is 1. The monoisotopic (exact) mass is 417 g/mol. The van der Waals surface area contributed by atoms with Crippen LogP contribution in [0.3, 0.4) is 0 Å². The Morgan fingerprint density at radius 3 is 2.63 bits per heavy atom. The number of amides is 1. The number of hydrogen-bond donors (Lipinski definition) is 1. The van der Waals surface area contributed by atoms with E-state index in [2.05, 4.69) is 11.9 Å². The lowest BCUT2D eigenvalue weighted by Crippen LogP contribution is -2.29. The highest BCUT2D eigenvalue weighted by molar-refractivity contribution is 5.96. The van der Waals surface area contributed by atoms with Crippen molar-refractivity contribution in [2.45, 2.75) is 13.0 Å². The largest absolute Gasteiger partial charge is 0.493 e. The van der Waals surface area contributed by atoms with Gasteiger partial charge in [0, 0.05) is 12.1 Å². The summed E-state index contributed by atoms with van der Waals surface area (Å²) in [5.41, 5.74) is 0.290. The number of benzene rings is 2. The highest BCUT2D eigenvalue weighted by atomic mass is 19.1. The molecular formula is C22H21F2NO5. The van der Waals surface area contributed by atoms with Crippen LogP contribution < -0.4 is 14.8 Å². The van der Waals surface area contributed by atoms with Crippen molar-refractivity contribution in [3.05, 3.63) is 72.3 Å². The molecule has 0 radical (unpaired) electrons. The minimum absolute atomic E-state index is 0.317. The summed E-state index contributed by atoms with van der Waals surface area (Å²) < 4.78 is 42.5. The molecule has 0 saturated heterocycles. The summed E-state index contributed by atoms with van der Waals surface area (Å²) in [6, 6.07) is 7.67. The third-order valence-corrected chi connectivity index (χ3v) is 3.80. The van der Waals surface area contributed by atoms with Gasteiger partial charge in [0.25, 0.3) is 5.91 Å². The van der Waals surface area contributed by atoms with E-state index in [4.69, 9.17) is 14.2 Å². The van der Waals surface area contributed by atoms with Gasteiger partial charge in [-0.3, -0.25) is 4.79 Å². The molecule has 0 aliphatic carbocycles. The molecule has 0 saturated carbocycles. The molecule has 2 rings (SSSR count). The molecule has 1 atom stereocenters. The predicted molar refractivity (Wildman–Crippen MR) is 108 cm³/mol. The second-order valence-electron chi connectivity index (χ2n) is 6.04. The average Bonchev–Trinajstić information content (AvgIpc) is 2.73. The third kappa shape index (κ3) is 6.44. The molecule has 0 spiro atoms. The molecule has 0 unspecified atom stereocenters. The fraction of sp³-hybridized carbons (Fsp3) is 0.182. The maximum absolute atomic E-state index is 13.6. The van der Waals surface area contributed by atoms with Crippen LogP contribution in [0.5, 0.6) is 11.5 Å². The number of ether oxygens (including phenoxy) is 3. The first-order chi connectivity index (χ1) is 14.3. The van der Waals surface area contributed by atoms with Gasteiger partial charge in [-0.25, -0.2) is 13.6 Å². The van der Waals surface area contributed by atoms with E-state index in [0.717, 1.165) is 24.3 Å². The van der Waals surface area contributed by atoms with E-state index in [1.54, 1.807) is 24.3 Å². The van der Waals surface area contributed by atoms with Gasteiger partial charge in [-0.05, 0) is 42.8 Å². The summed E-state index contributed by atoms with van der Waals surface area (Å²) in [6.45, 7) is 5.20. The van der Waals surface area contributed by atoms with Crippen LogP contribution in [0.15, 0.2) is 55.1 Å². The fourth-order valence-corrected chi connectivity index (χ4v) is 2.31. The van der Waals surface area contributed by atoms with Gasteiger partial charge in [-0.1, -0.05) is 18.7 Å². The van der Waals surface area contributed by atoms with E-state index in [1.165, 1.54) is 20.1 Å². The second kappa shape index (κ2) is 10.8. The van der Waals surface area contributed by atoms with Gasteiger partial charge in [-0.15, -0.1) is 0 Å². The maximum atomic E-state index is 13.6. The zero-order valence-corrected chi connectivity index (χ0v) is 16.5. The molecule has 0 aromatic heterocycles. The molecule has 2 aromatic carbocycles. The van der Waals surface area contributed by atoms with Crippen molar-refractivity contribution in [2.75, 3.05) is 19.0 Å². The summed E-state index contributed by atoms with van der Waals surface area (Å²) in [4.78, 5) is 24.0. The highest BCUT2D eigenvalue weighted by Crippen LogP contribution is 2.28. The summed E-state index contributed by atoms with van der Waals surface area (Å²) in [6.07, 6.45) is 2.97. The number of carbonyl (C=O) groups is 2. The summed E-state index contributed by atoms with van der Waals surface area (Å²) in [7, 11) is 1.49. The standard InChI is InChI=1S/C22H21F2NO5/c1-4-11-29-19-9-5-15(12-20(19)28-3)6-10-21(26)30-14(2)22(27)25-18-13-16(23)7-8-17(18)24/h4-10,12-14H,1,11H2,2-3H3,(H,25,27)/b10-6+/t14-/m0/s1. The van der Waals surface area contributed by atoms with Crippen molar-refractivity contribution < 1.29 is 32.6 Å². The number of hydrogen-bond acceptors (Lipinski definition) is 5. The Kier molecular flexibility index (Phi) is 8.10. The summed E-state index contributed by atoms with van der Waals surface area (Å²) in [5.74, 6) is -2.12. The summed E-state index contributed by atoms with van der Waals surface area (Å²) >= 11 is 0.